The van der Waals surface area contributed by atoms with E-state index in [9.17, 15) is 17.6 Å². The molecule has 0 bridgehead atoms. The number of thiocarbonyl (C=S) groups is 1. The van der Waals surface area contributed by atoms with Crippen LogP contribution in [0.2, 0.25) is 5.02 Å². The van der Waals surface area contributed by atoms with Gasteiger partial charge in [-0.15, -0.1) is 0 Å². The summed E-state index contributed by atoms with van der Waals surface area (Å²) >= 11 is 10.7. The first kappa shape index (κ1) is 15.7. The number of hydrogen-bond donors (Lipinski definition) is 1. The van der Waals surface area contributed by atoms with Crippen molar-refractivity contribution in [1.82, 2.24) is 0 Å². The zero-order valence-electron chi connectivity index (χ0n) is 10.3. The Labute approximate surface area is 128 Å². The SMILES string of the molecule is Fc1cc(C(F)(F)F)ccc1C(=S)Nc1ccc(Cl)cc1. The molecule has 0 spiro atoms. The van der Waals surface area contributed by atoms with Gasteiger partial charge in [0.05, 0.1) is 5.56 Å². The van der Waals surface area contributed by atoms with Crippen molar-refractivity contribution in [3.05, 3.63) is 64.4 Å². The monoisotopic (exact) mass is 333 g/mol. The highest BCUT2D eigenvalue weighted by Crippen LogP contribution is 2.30. The molecule has 21 heavy (non-hydrogen) atoms. The summed E-state index contributed by atoms with van der Waals surface area (Å²) in [6.45, 7) is 0. The molecular weight excluding hydrogens is 326 g/mol. The van der Waals surface area contributed by atoms with E-state index in [1.165, 1.54) is 0 Å². The van der Waals surface area contributed by atoms with Crippen LogP contribution >= 0.6 is 23.8 Å². The molecule has 0 heterocycles. The zero-order chi connectivity index (χ0) is 15.6. The number of rotatable bonds is 2. The molecule has 7 heteroatoms. The van der Waals surface area contributed by atoms with Crippen LogP contribution in [0.1, 0.15) is 11.1 Å². The van der Waals surface area contributed by atoms with Crippen LogP contribution in [0.3, 0.4) is 0 Å². The van der Waals surface area contributed by atoms with Crippen LogP contribution in [0, 0.1) is 5.82 Å². The smallest absolute Gasteiger partial charge is 0.346 e. The van der Waals surface area contributed by atoms with Crippen LogP contribution in [0.25, 0.3) is 0 Å². The van der Waals surface area contributed by atoms with E-state index in [1.54, 1.807) is 24.3 Å². The van der Waals surface area contributed by atoms with E-state index in [4.69, 9.17) is 23.8 Å². The first-order chi connectivity index (χ1) is 9.77. The molecule has 0 aliphatic heterocycles. The summed E-state index contributed by atoms with van der Waals surface area (Å²) in [5.41, 5.74) is -0.602. The first-order valence-corrected chi connectivity index (χ1v) is 6.49. The highest BCUT2D eigenvalue weighted by Gasteiger charge is 2.31. The van der Waals surface area contributed by atoms with Gasteiger partial charge < -0.3 is 5.32 Å². The van der Waals surface area contributed by atoms with Crippen molar-refractivity contribution in [2.75, 3.05) is 5.32 Å². The Morgan fingerprint density at radius 2 is 1.67 bits per heavy atom. The Morgan fingerprint density at radius 1 is 1.05 bits per heavy atom. The summed E-state index contributed by atoms with van der Waals surface area (Å²) in [5, 5.41) is 3.26. The number of alkyl halides is 3. The summed E-state index contributed by atoms with van der Waals surface area (Å²) in [6, 6.07) is 8.67. The van der Waals surface area contributed by atoms with Crippen molar-refractivity contribution in [1.29, 1.82) is 0 Å². The van der Waals surface area contributed by atoms with E-state index in [1.807, 2.05) is 0 Å². The predicted molar refractivity (Wildman–Crippen MR) is 78.2 cm³/mol. The van der Waals surface area contributed by atoms with Crippen LogP contribution in [0.15, 0.2) is 42.5 Å². The van der Waals surface area contributed by atoms with Crippen molar-refractivity contribution in [2.24, 2.45) is 0 Å². The van der Waals surface area contributed by atoms with E-state index in [2.05, 4.69) is 5.32 Å². The van der Waals surface area contributed by atoms with E-state index in [0.29, 0.717) is 16.8 Å². The summed E-state index contributed by atoms with van der Waals surface area (Å²) in [5.74, 6) is -1.03. The summed E-state index contributed by atoms with van der Waals surface area (Å²) in [4.78, 5) is -0.0106. The molecule has 0 saturated heterocycles. The van der Waals surface area contributed by atoms with Crippen molar-refractivity contribution in [3.63, 3.8) is 0 Å². The Hall–Kier alpha value is -1.66. The second-order valence-corrected chi connectivity index (χ2v) is 5.00. The Balaban J connectivity index is 2.22. The first-order valence-electron chi connectivity index (χ1n) is 5.71. The van der Waals surface area contributed by atoms with Crippen LogP contribution < -0.4 is 5.32 Å². The number of nitrogens with one attached hydrogen (secondary N) is 1. The van der Waals surface area contributed by atoms with Crippen molar-refractivity contribution in [3.8, 4) is 0 Å². The molecule has 1 N–H and O–H groups in total. The Morgan fingerprint density at radius 3 is 2.19 bits per heavy atom. The normalized spacial score (nSPS) is 11.3. The van der Waals surface area contributed by atoms with Gasteiger partial charge in [-0.1, -0.05) is 23.8 Å². The minimum Gasteiger partial charge on any atom is -0.346 e. The van der Waals surface area contributed by atoms with Crippen molar-refractivity contribution >= 4 is 34.5 Å². The summed E-state index contributed by atoms with van der Waals surface area (Å²) < 4.78 is 51.1. The topological polar surface area (TPSA) is 12.0 Å². The molecule has 0 atom stereocenters. The van der Waals surface area contributed by atoms with Gasteiger partial charge in [0.15, 0.2) is 0 Å². The molecule has 0 unspecified atom stereocenters. The quantitative estimate of drug-likeness (QED) is 0.592. The molecular formula is C14H8ClF4NS. The second-order valence-electron chi connectivity index (χ2n) is 4.15. The molecule has 0 radical (unpaired) electrons. The lowest BCUT2D eigenvalue weighted by Gasteiger charge is -2.11. The predicted octanol–water partition coefficient (Wildman–Crippen LogP) is 5.29. The maximum atomic E-state index is 13.7. The minimum absolute atomic E-state index is 0.0106. The lowest BCUT2D eigenvalue weighted by molar-refractivity contribution is -0.137. The number of halogens is 5. The standard InChI is InChI=1S/C14H8ClF4NS/c15-9-2-4-10(5-3-9)20-13(21)11-6-1-8(7-12(11)16)14(17,18)19/h1-7H,(H,20,21). The zero-order valence-corrected chi connectivity index (χ0v) is 11.9. The van der Waals surface area contributed by atoms with Gasteiger partial charge in [0.25, 0.3) is 0 Å². The third-order valence-corrected chi connectivity index (χ3v) is 3.22. The lowest BCUT2D eigenvalue weighted by atomic mass is 10.1. The van der Waals surface area contributed by atoms with Gasteiger partial charge in [0, 0.05) is 16.3 Å². The van der Waals surface area contributed by atoms with Gasteiger partial charge >= 0.3 is 6.18 Å². The van der Waals surface area contributed by atoms with E-state index < -0.39 is 17.6 Å². The molecule has 0 aliphatic rings. The van der Waals surface area contributed by atoms with Crippen LogP contribution in [-0.4, -0.2) is 4.99 Å². The Bertz CT molecular complexity index is 668. The van der Waals surface area contributed by atoms with Gasteiger partial charge in [0.2, 0.25) is 0 Å². The number of anilines is 1. The van der Waals surface area contributed by atoms with Gasteiger partial charge in [0.1, 0.15) is 10.8 Å². The summed E-state index contributed by atoms with van der Waals surface area (Å²) in [6.07, 6.45) is -4.59. The molecule has 2 aromatic carbocycles. The van der Waals surface area contributed by atoms with Crippen molar-refractivity contribution in [2.45, 2.75) is 6.18 Å². The molecule has 2 aromatic rings. The number of benzene rings is 2. The van der Waals surface area contributed by atoms with E-state index in [0.717, 1.165) is 12.1 Å². The lowest BCUT2D eigenvalue weighted by Crippen LogP contribution is -2.14. The van der Waals surface area contributed by atoms with Crippen LogP contribution in [0.4, 0.5) is 23.2 Å². The highest BCUT2D eigenvalue weighted by atomic mass is 35.5. The molecule has 0 amide bonds. The third kappa shape index (κ3) is 3.92. The van der Waals surface area contributed by atoms with Gasteiger partial charge in [-0.25, -0.2) is 4.39 Å². The largest absolute Gasteiger partial charge is 0.416 e. The second kappa shape index (κ2) is 5.99. The average molecular weight is 334 g/mol. The minimum atomic E-state index is -4.59. The molecule has 110 valence electrons. The molecule has 2 rings (SSSR count). The fourth-order valence-corrected chi connectivity index (χ4v) is 2.02. The molecule has 0 saturated carbocycles. The van der Waals surface area contributed by atoms with Crippen molar-refractivity contribution < 1.29 is 17.6 Å². The Kier molecular flexibility index (Phi) is 4.49. The van der Waals surface area contributed by atoms with Crippen LogP contribution in [-0.2, 0) is 6.18 Å². The van der Waals surface area contributed by atoms with Gasteiger partial charge in [-0.05, 0) is 42.5 Å². The van der Waals surface area contributed by atoms with Gasteiger partial charge in [-0.3, -0.25) is 0 Å². The average Bonchev–Trinajstić information content (AvgIpc) is 2.40. The molecule has 1 nitrogen and oxygen atoms in total. The summed E-state index contributed by atoms with van der Waals surface area (Å²) in [7, 11) is 0. The maximum Gasteiger partial charge on any atom is 0.416 e. The van der Waals surface area contributed by atoms with Gasteiger partial charge in [-0.2, -0.15) is 13.2 Å². The van der Waals surface area contributed by atoms with E-state index >= 15 is 0 Å². The molecule has 0 aliphatic carbocycles. The fraction of sp³-hybridized carbons (Fsp3) is 0.0714. The molecule has 0 fully saturated rings. The fourth-order valence-electron chi connectivity index (χ4n) is 1.61. The van der Waals surface area contributed by atoms with Crippen LogP contribution in [0.5, 0.6) is 0 Å². The maximum absolute atomic E-state index is 13.7. The van der Waals surface area contributed by atoms with E-state index in [-0.39, 0.29) is 10.6 Å². The number of hydrogen-bond acceptors (Lipinski definition) is 1. The third-order valence-electron chi connectivity index (χ3n) is 2.64. The highest BCUT2D eigenvalue weighted by molar-refractivity contribution is 7.81. The molecule has 0 aromatic heterocycles.